The molecule has 27 heavy (non-hydrogen) atoms. The van der Waals surface area contributed by atoms with Gasteiger partial charge in [0.25, 0.3) is 5.91 Å². The van der Waals surface area contributed by atoms with Crippen molar-refractivity contribution in [1.29, 1.82) is 0 Å². The Bertz CT molecular complexity index is 792. The summed E-state index contributed by atoms with van der Waals surface area (Å²) in [6.07, 6.45) is 0. The van der Waals surface area contributed by atoms with Crippen molar-refractivity contribution >= 4 is 17.6 Å². The molecule has 2 aromatic rings. The van der Waals surface area contributed by atoms with Gasteiger partial charge >= 0.3 is 6.03 Å². The van der Waals surface area contributed by atoms with Gasteiger partial charge in [-0.2, -0.15) is 0 Å². The molecule has 0 saturated heterocycles. The standard InChI is InChI=1S/C20H24N2O5/c1-4-25-17-11-10-15(12-18(17)26-5-2)21-20(24)22-19(23)13-27-16-9-7-6-8-14(16)3/h6-12H,4-5,13H2,1-3H3,(H2,21,22,23,24). The Morgan fingerprint density at radius 2 is 1.59 bits per heavy atom. The van der Waals surface area contributed by atoms with Gasteiger partial charge < -0.3 is 19.5 Å². The van der Waals surface area contributed by atoms with E-state index in [0.29, 0.717) is 36.1 Å². The van der Waals surface area contributed by atoms with E-state index < -0.39 is 11.9 Å². The Morgan fingerprint density at radius 3 is 2.30 bits per heavy atom. The molecule has 0 heterocycles. The molecule has 2 rings (SSSR count). The minimum atomic E-state index is -0.653. The molecule has 0 aliphatic rings. The van der Waals surface area contributed by atoms with E-state index in [1.165, 1.54) is 0 Å². The summed E-state index contributed by atoms with van der Waals surface area (Å²) >= 11 is 0. The number of carbonyl (C=O) groups is 2. The van der Waals surface area contributed by atoms with Crippen LogP contribution in [0.5, 0.6) is 17.2 Å². The Labute approximate surface area is 158 Å². The molecular weight excluding hydrogens is 348 g/mol. The van der Waals surface area contributed by atoms with Gasteiger partial charge in [0.2, 0.25) is 0 Å². The summed E-state index contributed by atoms with van der Waals surface area (Å²) in [5.74, 6) is 1.16. The van der Waals surface area contributed by atoms with Crippen molar-refractivity contribution in [1.82, 2.24) is 5.32 Å². The third-order valence-electron chi connectivity index (χ3n) is 3.51. The first-order valence-electron chi connectivity index (χ1n) is 8.72. The van der Waals surface area contributed by atoms with Crippen molar-refractivity contribution in [3.8, 4) is 17.2 Å². The van der Waals surface area contributed by atoms with Crippen LogP contribution < -0.4 is 24.8 Å². The summed E-state index contributed by atoms with van der Waals surface area (Å²) in [7, 11) is 0. The predicted molar refractivity (Wildman–Crippen MR) is 103 cm³/mol. The molecule has 7 nitrogen and oxygen atoms in total. The number of imide groups is 1. The highest BCUT2D eigenvalue weighted by Gasteiger charge is 2.12. The molecule has 0 fully saturated rings. The van der Waals surface area contributed by atoms with Gasteiger partial charge in [0.05, 0.1) is 13.2 Å². The molecule has 0 unspecified atom stereocenters. The number of nitrogens with one attached hydrogen (secondary N) is 2. The SMILES string of the molecule is CCOc1ccc(NC(=O)NC(=O)COc2ccccc2C)cc1OCC. The van der Waals surface area contributed by atoms with Gasteiger partial charge in [-0.3, -0.25) is 10.1 Å². The number of aryl methyl sites for hydroxylation is 1. The first kappa shape index (κ1) is 20.1. The molecule has 0 aromatic heterocycles. The van der Waals surface area contributed by atoms with Gasteiger partial charge in [-0.25, -0.2) is 4.79 Å². The Kier molecular flexibility index (Phi) is 7.49. The highest BCUT2D eigenvalue weighted by molar-refractivity contribution is 6.01. The van der Waals surface area contributed by atoms with E-state index in [1.54, 1.807) is 24.3 Å². The van der Waals surface area contributed by atoms with Crippen LogP contribution in [0, 0.1) is 6.92 Å². The second-order valence-corrected chi connectivity index (χ2v) is 5.58. The van der Waals surface area contributed by atoms with Crippen LogP contribution >= 0.6 is 0 Å². The van der Waals surface area contributed by atoms with E-state index in [-0.39, 0.29) is 6.61 Å². The lowest BCUT2D eigenvalue weighted by Crippen LogP contribution is -2.37. The van der Waals surface area contributed by atoms with Gasteiger partial charge in [0, 0.05) is 11.8 Å². The summed E-state index contributed by atoms with van der Waals surface area (Å²) in [5.41, 5.74) is 1.39. The van der Waals surface area contributed by atoms with Crippen LogP contribution in [-0.2, 0) is 4.79 Å². The van der Waals surface area contributed by atoms with Crippen LogP contribution in [0.25, 0.3) is 0 Å². The predicted octanol–water partition coefficient (Wildman–Crippen LogP) is 3.52. The Balaban J connectivity index is 1.90. The number of para-hydroxylation sites is 1. The quantitative estimate of drug-likeness (QED) is 0.740. The third-order valence-corrected chi connectivity index (χ3v) is 3.51. The van der Waals surface area contributed by atoms with E-state index in [9.17, 15) is 9.59 Å². The van der Waals surface area contributed by atoms with Gasteiger partial charge in [-0.1, -0.05) is 18.2 Å². The number of rotatable bonds is 8. The molecule has 2 aromatic carbocycles. The highest BCUT2D eigenvalue weighted by atomic mass is 16.5. The fourth-order valence-corrected chi connectivity index (χ4v) is 2.32. The number of hydrogen-bond acceptors (Lipinski definition) is 5. The number of urea groups is 1. The smallest absolute Gasteiger partial charge is 0.325 e. The number of benzene rings is 2. The normalized spacial score (nSPS) is 10.0. The molecule has 7 heteroatoms. The van der Waals surface area contributed by atoms with Crippen LogP contribution in [0.2, 0.25) is 0 Å². The minimum Gasteiger partial charge on any atom is -0.490 e. The summed E-state index contributed by atoms with van der Waals surface area (Å²) in [5, 5.41) is 4.81. The summed E-state index contributed by atoms with van der Waals surface area (Å²) < 4.78 is 16.4. The fraction of sp³-hybridized carbons (Fsp3) is 0.300. The van der Waals surface area contributed by atoms with Gasteiger partial charge in [0.15, 0.2) is 18.1 Å². The summed E-state index contributed by atoms with van der Waals surface area (Å²) in [6, 6.07) is 11.7. The van der Waals surface area contributed by atoms with Crippen molar-refractivity contribution in [2.24, 2.45) is 0 Å². The molecule has 3 amide bonds. The molecule has 144 valence electrons. The molecular formula is C20H24N2O5. The van der Waals surface area contributed by atoms with E-state index in [1.807, 2.05) is 39.0 Å². The minimum absolute atomic E-state index is 0.258. The van der Waals surface area contributed by atoms with Crippen molar-refractivity contribution in [2.75, 3.05) is 25.1 Å². The molecule has 0 aliphatic heterocycles. The van der Waals surface area contributed by atoms with Crippen molar-refractivity contribution in [3.05, 3.63) is 48.0 Å². The second kappa shape index (κ2) is 10.1. The highest BCUT2D eigenvalue weighted by Crippen LogP contribution is 2.30. The second-order valence-electron chi connectivity index (χ2n) is 5.58. The zero-order valence-corrected chi connectivity index (χ0v) is 15.7. The lowest BCUT2D eigenvalue weighted by Gasteiger charge is -2.13. The van der Waals surface area contributed by atoms with Crippen molar-refractivity contribution in [2.45, 2.75) is 20.8 Å². The lowest BCUT2D eigenvalue weighted by molar-refractivity contribution is -0.121. The maximum absolute atomic E-state index is 12.0. The van der Waals surface area contributed by atoms with Crippen molar-refractivity contribution in [3.63, 3.8) is 0 Å². The fourth-order valence-electron chi connectivity index (χ4n) is 2.32. The van der Waals surface area contributed by atoms with E-state index >= 15 is 0 Å². The average Bonchev–Trinajstić information content (AvgIpc) is 2.63. The van der Waals surface area contributed by atoms with Crippen LogP contribution in [0.1, 0.15) is 19.4 Å². The molecule has 0 atom stereocenters. The maximum atomic E-state index is 12.0. The van der Waals surface area contributed by atoms with Crippen LogP contribution in [0.4, 0.5) is 10.5 Å². The Hall–Kier alpha value is -3.22. The number of ether oxygens (including phenoxy) is 3. The maximum Gasteiger partial charge on any atom is 0.325 e. The summed E-state index contributed by atoms with van der Waals surface area (Å²) in [6.45, 7) is 6.32. The van der Waals surface area contributed by atoms with Crippen LogP contribution in [0.15, 0.2) is 42.5 Å². The van der Waals surface area contributed by atoms with Gasteiger partial charge in [0.1, 0.15) is 5.75 Å². The zero-order chi connectivity index (χ0) is 19.6. The topological polar surface area (TPSA) is 85.9 Å². The first-order valence-corrected chi connectivity index (χ1v) is 8.72. The molecule has 0 saturated carbocycles. The molecule has 0 aliphatic carbocycles. The average molecular weight is 372 g/mol. The number of hydrogen-bond donors (Lipinski definition) is 2. The van der Waals surface area contributed by atoms with Crippen molar-refractivity contribution < 1.29 is 23.8 Å². The third kappa shape index (κ3) is 6.22. The number of amides is 3. The summed E-state index contributed by atoms with van der Waals surface area (Å²) in [4.78, 5) is 23.9. The Morgan fingerprint density at radius 1 is 0.889 bits per heavy atom. The number of anilines is 1. The zero-order valence-electron chi connectivity index (χ0n) is 15.7. The largest absolute Gasteiger partial charge is 0.490 e. The van der Waals surface area contributed by atoms with E-state index in [2.05, 4.69) is 10.6 Å². The van der Waals surface area contributed by atoms with Crippen LogP contribution in [0.3, 0.4) is 0 Å². The lowest BCUT2D eigenvalue weighted by atomic mass is 10.2. The molecule has 0 bridgehead atoms. The van der Waals surface area contributed by atoms with Gasteiger partial charge in [-0.15, -0.1) is 0 Å². The van der Waals surface area contributed by atoms with Gasteiger partial charge in [-0.05, 0) is 44.5 Å². The monoisotopic (exact) mass is 372 g/mol. The first-order chi connectivity index (χ1) is 13.0. The van der Waals surface area contributed by atoms with E-state index in [4.69, 9.17) is 14.2 Å². The van der Waals surface area contributed by atoms with Crippen LogP contribution in [-0.4, -0.2) is 31.8 Å². The molecule has 0 radical (unpaired) electrons. The molecule has 0 spiro atoms. The number of carbonyl (C=O) groups excluding carboxylic acids is 2. The van der Waals surface area contributed by atoms with E-state index in [0.717, 1.165) is 5.56 Å². The molecule has 2 N–H and O–H groups in total.